The van der Waals surface area contributed by atoms with Crippen LogP contribution in [0.1, 0.15) is 43.6 Å². The van der Waals surface area contributed by atoms with Crippen LogP contribution in [-0.4, -0.2) is 19.7 Å². The molecule has 1 fully saturated rings. The van der Waals surface area contributed by atoms with E-state index in [0.717, 1.165) is 36.3 Å². The summed E-state index contributed by atoms with van der Waals surface area (Å²) in [5.41, 5.74) is 6.76. The van der Waals surface area contributed by atoms with Crippen molar-refractivity contribution in [3.8, 4) is 10.8 Å². The first-order chi connectivity index (χ1) is 8.69. The minimum atomic E-state index is -0.425. The number of aryl methyl sites for hydroxylation is 1. The van der Waals surface area contributed by atoms with Crippen molar-refractivity contribution in [2.45, 2.75) is 44.6 Å². The average molecular weight is 265 g/mol. The molecule has 0 amide bonds. The van der Waals surface area contributed by atoms with Gasteiger partial charge in [0.15, 0.2) is 5.82 Å². The lowest BCUT2D eigenvalue weighted by atomic mass is 9.82. The summed E-state index contributed by atoms with van der Waals surface area (Å²) in [5, 5.41) is 7.99. The van der Waals surface area contributed by atoms with E-state index in [0.29, 0.717) is 11.7 Å². The Balaban J connectivity index is 1.92. The molecule has 96 valence electrons. The first-order valence-electron chi connectivity index (χ1n) is 6.11. The summed E-state index contributed by atoms with van der Waals surface area (Å²) < 4.78 is 9.17. The highest BCUT2D eigenvalue weighted by Gasteiger charge is 2.34. The van der Waals surface area contributed by atoms with Gasteiger partial charge in [0.05, 0.1) is 11.2 Å². The Kier molecular flexibility index (Phi) is 2.87. The largest absolute Gasteiger partial charge is 0.333 e. The van der Waals surface area contributed by atoms with Gasteiger partial charge in [-0.3, -0.25) is 0 Å². The molecule has 1 aliphatic rings. The first kappa shape index (κ1) is 11.7. The van der Waals surface area contributed by atoms with Crippen molar-refractivity contribution in [3.05, 3.63) is 11.5 Å². The normalized spacial score (nSPS) is 19.0. The van der Waals surface area contributed by atoms with Crippen molar-refractivity contribution in [1.82, 2.24) is 19.7 Å². The van der Waals surface area contributed by atoms with E-state index in [1.807, 2.05) is 6.92 Å². The number of nitrogens with two attached hydrogens (primary N) is 1. The monoisotopic (exact) mass is 265 g/mol. The predicted molar refractivity (Wildman–Crippen MR) is 66.9 cm³/mol. The molecule has 0 radical (unpaired) electrons. The average Bonchev–Trinajstić information content (AvgIpc) is 2.98. The molecular weight excluding hydrogens is 250 g/mol. The van der Waals surface area contributed by atoms with E-state index in [-0.39, 0.29) is 0 Å². The number of hydrogen-bond donors (Lipinski definition) is 1. The van der Waals surface area contributed by atoms with Gasteiger partial charge in [-0.25, -0.2) is 0 Å². The van der Waals surface area contributed by atoms with Crippen LogP contribution in [-0.2, 0) is 5.54 Å². The summed E-state index contributed by atoms with van der Waals surface area (Å²) in [6.45, 7) is 1.88. The van der Waals surface area contributed by atoms with Crippen LogP contribution in [0.4, 0.5) is 0 Å². The van der Waals surface area contributed by atoms with Crippen molar-refractivity contribution in [2.75, 3.05) is 0 Å². The Labute approximate surface area is 109 Å². The Morgan fingerprint density at radius 3 is 2.72 bits per heavy atom. The van der Waals surface area contributed by atoms with E-state index in [1.165, 1.54) is 18.0 Å². The third-order valence-electron chi connectivity index (χ3n) is 3.46. The van der Waals surface area contributed by atoms with Crippen LogP contribution in [0, 0.1) is 6.92 Å². The second-order valence-electron chi connectivity index (χ2n) is 4.83. The third kappa shape index (κ3) is 1.93. The van der Waals surface area contributed by atoms with Crippen LogP contribution in [0.15, 0.2) is 4.52 Å². The molecular formula is C11H15N5OS. The molecule has 0 atom stereocenters. The van der Waals surface area contributed by atoms with Crippen molar-refractivity contribution >= 4 is 11.5 Å². The highest BCUT2D eigenvalue weighted by Crippen LogP contribution is 2.34. The summed E-state index contributed by atoms with van der Waals surface area (Å²) in [6, 6.07) is 0. The topological polar surface area (TPSA) is 90.7 Å². The number of hydrogen-bond acceptors (Lipinski definition) is 7. The van der Waals surface area contributed by atoms with Crippen LogP contribution < -0.4 is 5.73 Å². The molecule has 2 aromatic heterocycles. The SMILES string of the molecule is Cc1nnsc1-c1nc(C2(N)CCCCC2)no1. The van der Waals surface area contributed by atoms with Gasteiger partial charge in [-0.2, -0.15) is 4.98 Å². The molecule has 0 saturated heterocycles. The third-order valence-corrected chi connectivity index (χ3v) is 4.28. The zero-order chi connectivity index (χ0) is 12.6. The molecule has 7 heteroatoms. The van der Waals surface area contributed by atoms with Gasteiger partial charge in [-0.1, -0.05) is 28.9 Å². The summed E-state index contributed by atoms with van der Waals surface area (Å²) in [7, 11) is 0. The molecule has 3 rings (SSSR count). The second-order valence-corrected chi connectivity index (χ2v) is 5.58. The van der Waals surface area contributed by atoms with Gasteiger partial charge in [0.2, 0.25) is 0 Å². The summed E-state index contributed by atoms with van der Waals surface area (Å²) >= 11 is 1.26. The highest BCUT2D eigenvalue weighted by molar-refractivity contribution is 7.09. The molecule has 0 aromatic carbocycles. The van der Waals surface area contributed by atoms with E-state index < -0.39 is 5.54 Å². The quantitative estimate of drug-likeness (QED) is 0.893. The van der Waals surface area contributed by atoms with Crippen LogP contribution in [0.5, 0.6) is 0 Å². The van der Waals surface area contributed by atoms with Crippen LogP contribution in [0.3, 0.4) is 0 Å². The molecule has 1 saturated carbocycles. The molecule has 0 spiro atoms. The summed E-state index contributed by atoms with van der Waals surface area (Å²) in [5.74, 6) is 1.10. The Morgan fingerprint density at radius 2 is 2.06 bits per heavy atom. The molecule has 2 aromatic rings. The van der Waals surface area contributed by atoms with Crippen LogP contribution in [0.25, 0.3) is 10.8 Å². The Bertz CT molecular complexity index is 543. The van der Waals surface area contributed by atoms with Gasteiger partial charge >= 0.3 is 0 Å². The zero-order valence-electron chi connectivity index (χ0n) is 10.2. The first-order valence-corrected chi connectivity index (χ1v) is 6.89. The standard InChI is InChI=1S/C11H15N5OS/c1-7-8(18-16-14-7)9-13-10(15-17-9)11(12)5-3-2-4-6-11/h2-6,12H2,1H3. The minimum absolute atomic E-state index is 0.425. The van der Waals surface area contributed by atoms with Crippen LogP contribution >= 0.6 is 11.5 Å². The van der Waals surface area contributed by atoms with E-state index >= 15 is 0 Å². The van der Waals surface area contributed by atoms with Gasteiger partial charge in [-0.15, -0.1) is 5.10 Å². The number of aromatic nitrogens is 4. The maximum absolute atomic E-state index is 6.37. The number of rotatable bonds is 2. The lowest BCUT2D eigenvalue weighted by Gasteiger charge is -2.29. The van der Waals surface area contributed by atoms with E-state index in [4.69, 9.17) is 10.3 Å². The van der Waals surface area contributed by atoms with Crippen LogP contribution in [0.2, 0.25) is 0 Å². The van der Waals surface area contributed by atoms with Gasteiger partial charge < -0.3 is 10.3 Å². The molecule has 0 aliphatic heterocycles. The Morgan fingerprint density at radius 1 is 1.28 bits per heavy atom. The lowest BCUT2D eigenvalue weighted by molar-refractivity contribution is 0.275. The molecule has 6 nitrogen and oxygen atoms in total. The smallest absolute Gasteiger partial charge is 0.271 e. The van der Waals surface area contributed by atoms with E-state index in [1.54, 1.807) is 0 Å². The van der Waals surface area contributed by atoms with Gasteiger partial charge in [0, 0.05) is 0 Å². The molecule has 18 heavy (non-hydrogen) atoms. The molecule has 2 N–H and O–H groups in total. The predicted octanol–water partition coefficient (Wildman–Crippen LogP) is 2.01. The maximum Gasteiger partial charge on any atom is 0.271 e. The molecule has 0 bridgehead atoms. The minimum Gasteiger partial charge on any atom is -0.333 e. The van der Waals surface area contributed by atoms with E-state index in [2.05, 4.69) is 19.7 Å². The zero-order valence-corrected chi connectivity index (χ0v) is 11.0. The fourth-order valence-electron chi connectivity index (χ4n) is 2.35. The van der Waals surface area contributed by atoms with E-state index in [9.17, 15) is 0 Å². The van der Waals surface area contributed by atoms with Gasteiger partial charge in [0.25, 0.3) is 5.89 Å². The van der Waals surface area contributed by atoms with Gasteiger partial charge in [0.1, 0.15) is 4.88 Å². The fraction of sp³-hybridized carbons (Fsp3) is 0.636. The maximum atomic E-state index is 6.37. The van der Waals surface area contributed by atoms with Crippen molar-refractivity contribution < 1.29 is 4.52 Å². The fourth-order valence-corrected chi connectivity index (χ4v) is 2.93. The number of nitrogens with zero attached hydrogens (tertiary/aromatic N) is 4. The lowest BCUT2D eigenvalue weighted by Crippen LogP contribution is -2.39. The van der Waals surface area contributed by atoms with Gasteiger partial charge in [-0.05, 0) is 31.3 Å². The molecule has 1 aliphatic carbocycles. The highest BCUT2D eigenvalue weighted by atomic mass is 32.1. The second kappa shape index (κ2) is 4.40. The van der Waals surface area contributed by atoms with Crippen molar-refractivity contribution in [2.24, 2.45) is 5.73 Å². The molecule has 2 heterocycles. The summed E-state index contributed by atoms with van der Waals surface area (Å²) in [6.07, 6.45) is 5.34. The van der Waals surface area contributed by atoms with Crippen molar-refractivity contribution in [1.29, 1.82) is 0 Å². The Hall–Kier alpha value is -1.34. The molecule has 0 unspecified atom stereocenters. The summed E-state index contributed by atoms with van der Waals surface area (Å²) in [4.78, 5) is 5.26. The van der Waals surface area contributed by atoms with Crippen molar-refractivity contribution in [3.63, 3.8) is 0 Å².